The van der Waals surface area contributed by atoms with Crippen LogP contribution in [0.15, 0.2) is 53.0 Å². The number of benzene rings is 1. The third kappa shape index (κ3) is 4.26. The summed E-state index contributed by atoms with van der Waals surface area (Å²) in [4.78, 5) is 22.9. The summed E-state index contributed by atoms with van der Waals surface area (Å²) >= 11 is 9.15. The van der Waals surface area contributed by atoms with Gasteiger partial charge >= 0.3 is 0 Å². The number of hydrogen-bond acceptors (Lipinski definition) is 5. The Morgan fingerprint density at radius 1 is 1.27 bits per heavy atom. The molecule has 0 saturated carbocycles. The summed E-state index contributed by atoms with van der Waals surface area (Å²) in [6.45, 7) is 3.65. The zero-order chi connectivity index (χ0) is 18.5. The molecule has 0 spiro atoms. The van der Waals surface area contributed by atoms with Gasteiger partial charge in [-0.05, 0) is 30.2 Å². The first kappa shape index (κ1) is 18.9. The standard InChI is InChI=1S/C19H18ClN3OS2/c1-3-14-7-4-5-9-17(14)23(13(2)24)19-22-15(12-26-19)11-25-18-16(20)8-6-10-21-18/h4-10,12H,3,11H2,1-2H3. The normalized spacial score (nSPS) is 10.7. The number of rotatable bonds is 6. The van der Waals surface area contributed by atoms with Crippen molar-refractivity contribution >= 4 is 51.4 Å². The minimum atomic E-state index is -0.0489. The largest absolute Gasteiger partial charge is 0.274 e. The van der Waals surface area contributed by atoms with Crippen LogP contribution in [0.1, 0.15) is 25.1 Å². The van der Waals surface area contributed by atoms with Crippen molar-refractivity contribution in [3.63, 3.8) is 0 Å². The molecule has 0 radical (unpaired) electrons. The lowest BCUT2D eigenvalue weighted by atomic mass is 10.1. The van der Waals surface area contributed by atoms with Crippen LogP contribution in [0.2, 0.25) is 5.02 Å². The van der Waals surface area contributed by atoms with Gasteiger partial charge in [0.05, 0.1) is 16.4 Å². The molecule has 26 heavy (non-hydrogen) atoms. The third-order valence-electron chi connectivity index (χ3n) is 3.74. The number of carbonyl (C=O) groups excluding carboxylic acids is 1. The second kappa shape index (κ2) is 8.66. The summed E-state index contributed by atoms with van der Waals surface area (Å²) in [7, 11) is 0. The molecule has 0 unspecified atom stereocenters. The Hall–Kier alpha value is -1.89. The van der Waals surface area contributed by atoms with Gasteiger partial charge in [0.1, 0.15) is 5.03 Å². The molecule has 1 amide bonds. The van der Waals surface area contributed by atoms with Crippen molar-refractivity contribution in [2.24, 2.45) is 0 Å². The number of aromatic nitrogens is 2. The molecule has 4 nitrogen and oxygen atoms in total. The molecule has 7 heteroatoms. The van der Waals surface area contributed by atoms with Crippen molar-refractivity contribution in [1.29, 1.82) is 0 Å². The maximum Gasteiger partial charge on any atom is 0.230 e. The molecule has 0 aliphatic heterocycles. The number of aryl methyl sites for hydroxylation is 1. The van der Waals surface area contributed by atoms with E-state index in [4.69, 9.17) is 11.6 Å². The number of pyridine rings is 1. The molecule has 3 aromatic rings. The second-order valence-corrected chi connectivity index (χ2v) is 7.74. The van der Waals surface area contributed by atoms with Crippen LogP contribution in [0.5, 0.6) is 0 Å². The Labute approximate surface area is 166 Å². The lowest BCUT2D eigenvalue weighted by Crippen LogP contribution is -2.23. The van der Waals surface area contributed by atoms with Crippen LogP contribution in [0.4, 0.5) is 10.8 Å². The zero-order valence-corrected chi connectivity index (χ0v) is 16.9. The smallest absolute Gasteiger partial charge is 0.230 e. The third-order valence-corrected chi connectivity index (χ3v) is 6.07. The first-order chi connectivity index (χ1) is 12.6. The van der Waals surface area contributed by atoms with E-state index in [-0.39, 0.29) is 5.91 Å². The van der Waals surface area contributed by atoms with Gasteiger partial charge in [-0.1, -0.05) is 48.5 Å². The van der Waals surface area contributed by atoms with Crippen LogP contribution in [-0.2, 0) is 17.0 Å². The van der Waals surface area contributed by atoms with E-state index in [2.05, 4.69) is 16.9 Å². The number of thioether (sulfide) groups is 1. The number of anilines is 2. The van der Waals surface area contributed by atoms with E-state index in [0.29, 0.717) is 15.9 Å². The highest BCUT2D eigenvalue weighted by molar-refractivity contribution is 7.98. The predicted molar refractivity (Wildman–Crippen MR) is 110 cm³/mol. The number of amides is 1. The summed E-state index contributed by atoms with van der Waals surface area (Å²) in [5, 5.41) is 4.07. The molecule has 0 saturated heterocycles. The predicted octanol–water partition coefficient (Wildman–Crippen LogP) is 5.73. The molecule has 1 aromatic carbocycles. The molecule has 134 valence electrons. The van der Waals surface area contributed by atoms with Crippen LogP contribution >= 0.6 is 34.7 Å². The maximum absolute atomic E-state index is 12.3. The highest BCUT2D eigenvalue weighted by atomic mass is 35.5. The maximum atomic E-state index is 12.3. The highest BCUT2D eigenvalue weighted by Crippen LogP contribution is 2.34. The monoisotopic (exact) mass is 403 g/mol. The van der Waals surface area contributed by atoms with Gasteiger partial charge in [-0.2, -0.15) is 0 Å². The van der Waals surface area contributed by atoms with Gasteiger partial charge in [0, 0.05) is 24.3 Å². The minimum absolute atomic E-state index is 0.0489. The molecule has 2 heterocycles. The van der Waals surface area contributed by atoms with Crippen LogP contribution in [0, 0.1) is 0 Å². The van der Waals surface area contributed by atoms with E-state index in [1.165, 1.54) is 23.1 Å². The van der Waals surface area contributed by atoms with Crippen molar-refractivity contribution in [2.45, 2.75) is 31.0 Å². The average Bonchev–Trinajstić information content (AvgIpc) is 3.10. The molecule has 0 aliphatic carbocycles. The molecule has 2 aromatic heterocycles. The zero-order valence-electron chi connectivity index (χ0n) is 14.5. The molecule has 0 atom stereocenters. The quantitative estimate of drug-likeness (QED) is 0.493. The fraction of sp³-hybridized carbons (Fsp3) is 0.211. The molecule has 0 fully saturated rings. The van der Waals surface area contributed by atoms with E-state index >= 15 is 0 Å². The van der Waals surface area contributed by atoms with E-state index in [9.17, 15) is 4.79 Å². The van der Waals surface area contributed by atoms with E-state index in [0.717, 1.165) is 28.4 Å². The summed E-state index contributed by atoms with van der Waals surface area (Å²) in [5.41, 5.74) is 2.91. The molecular weight excluding hydrogens is 386 g/mol. The van der Waals surface area contributed by atoms with Gasteiger partial charge in [0.15, 0.2) is 5.13 Å². The lowest BCUT2D eigenvalue weighted by molar-refractivity contribution is -0.115. The summed E-state index contributed by atoms with van der Waals surface area (Å²) in [5.74, 6) is 0.598. The van der Waals surface area contributed by atoms with Crippen LogP contribution < -0.4 is 4.90 Å². The fourth-order valence-electron chi connectivity index (χ4n) is 2.52. The molecule has 0 N–H and O–H groups in total. The Kier molecular flexibility index (Phi) is 6.29. The number of hydrogen-bond donors (Lipinski definition) is 0. The molecule has 3 rings (SSSR count). The average molecular weight is 404 g/mol. The van der Waals surface area contributed by atoms with Gasteiger partial charge in [0.25, 0.3) is 0 Å². The van der Waals surface area contributed by atoms with Crippen molar-refractivity contribution in [1.82, 2.24) is 9.97 Å². The highest BCUT2D eigenvalue weighted by Gasteiger charge is 2.20. The van der Waals surface area contributed by atoms with Crippen LogP contribution in [-0.4, -0.2) is 15.9 Å². The molecular formula is C19H18ClN3OS2. The summed E-state index contributed by atoms with van der Waals surface area (Å²) in [6, 6.07) is 11.6. The van der Waals surface area contributed by atoms with E-state index in [1.54, 1.807) is 18.0 Å². The lowest BCUT2D eigenvalue weighted by Gasteiger charge is -2.20. The van der Waals surface area contributed by atoms with Crippen molar-refractivity contribution in [2.75, 3.05) is 4.90 Å². The fourth-order valence-corrected chi connectivity index (χ4v) is 4.56. The number of carbonyl (C=O) groups is 1. The number of halogens is 1. The Morgan fingerprint density at radius 2 is 2.08 bits per heavy atom. The Morgan fingerprint density at radius 3 is 2.81 bits per heavy atom. The number of thiazole rings is 1. The van der Waals surface area contributed by atoms with Crippen molar-refractivity contribution < 1.29 is 4.79 Å². The second-order valence-electron chi connectivity index (χ2n) is 5.54. The summed E-state index contributed by atoms with van der Waals surface area (Å²) in [6.07, 6.45) is 2.58. The first-order valence-corrected chi connectivity index (χ1v) is 10.4. The van der Waals surface area contributed by atoms with Crippen molar-refractivity contribution in [3.8, 4) is 0 Å². The summed E-state index contributed by atoms with van der Waals surface area (Å²) < 4.78 is 0. The van der Waals surface area contributed by atoms with Gasteiger partial charge < -0.3 is 0 Å². The molecule has 0 aliphatic rings. The Bertz CT molecular complexity index is 913. The number of para-hydroxylation sites is 1. The van der Waals surface area contributed by atoms with Crippen LogP contribution in [0.25, 0.3) is 0 Å². The Balaban J connectivity index is 1.82. The minimum Gasteiger partial charge on any atom is -0.274 e. The van der Waals surface area contributed by atoms with Crippen LogP contribution in [0.3, 0.4) is 0 Å². The van der Waals surface area contributed by atoms with Gasteiger partial charge in [0.2, 0.25) is 5.91 Å². The van der Waals surface area contributed by atoms with E-state index < -0.39 is 0 Å². The van der Waals surface area contributed by atoms with Gasteiger partial charge in [-0.15, -0.1) is 11.3 Å². The van der Waals surface area contributed by atoms with Crippen molar-refractivity contribution in [3.05, 3.63) is 64.3 Å². The topological polar surface area (TPSA) is 46.1 Å². The van der Waals surface area contributed by atoms with E-state index in [1.807, 2.05) is 41.8 Å². The molecule has 0 bridgehead atoms. The number of nitrogens with zero attached hydrogens (tertiary/aromatic N) is 3. The van der Waals surface area contributed by atoms with Gasteiger partial charge in [-0.3, -0.25) is 9.69 Å². The van der Waals surface area contributed by atoms with Gasteiger partial charge in [-0.25, -0.2) is 9.97 Å². The SMILES string of the molecule is CCc1ccccc1N(C(C)=O)c1nc(CSc2ncccc2Cl)cs1. The first-order valence-electron chi connectivity index (χ1n) is 8.16.